The minimum atomic E-state index is -0.686. The highest BCUT2D eigenvalue weighted by Gasteiger charge is 2.37. The summed E-state index contributed by atoms with van der Waals surface area (Å²) in [7, 11) is 0. The van der Waals surface area contributed by atoms with E-state index >= 15 is 0 Å². The number of carbonyl (C=O) groups excluding carboxylic acids is 1. The molecule has 0 aliphatic carbocycles. The second-order valence-corrected chi connectivity index (χ2v) is 9.54. The van der Waals surface area contributed by atoms with E-state index in [4.69, 9.17) is 39.5 Å². The predicted molar refractivity (Wildman–Crippen MR) is 133 cm³/mol. The summed E-state index contributed by atoms with van der Waals surface area (Å²) in [6.07, 6.45) is 0.709. The van der Waals surface area contributed by atoms with Crippen molar-refractivity contribution in [3.05, 3.63) is 79.9 Å². The summed E-state index contributed by atoms with van der Waals surface area (Å²) in [6, 6.07) is 12.2. The van der Waals surface area contributed by atoms with Gasteiger partial charge in [-0.1, -0.05) is 77.8 Å². The third-order valence-corrected chi connectivity index (χ3v) is 6.99. The Hall–Kier alpha value is -2.19. The highest BCUT2D eigenvalue weighted by Crippen LogP contribution is 2.42. The monoisotopic (exact) mass is 522 g/mol. The SMILES string of the molecule is CCCOC(=O)C1=C(C)Nc2nc(SCc3ccccc3Cl)nn2C1c1c(Cl)cccc1Cl. The van der Waals surface area contributed by atoms with Crippen molar-refractivity contribution in [3.63, 3.8) is 0 Å². The quantitative estimate of drug-likeness (QED) is 0.272. The van der Waals surface area contributed by atoms with Crippen molar-refractivity contribution in [1.29, 1.82) is 0 Å². The molecule has 0 fully saturated rings. The number of benzene rings is 2. The molecule has 0 bridgehead atoms. The van der Waals surface area contributed by atoms with Crippen molar-refractivity contribution in [2.24, 2.45) is 0 Å². The van der Waals surface area contributed by atoms with Crippen LogP contribution >= 0.6 is 46.6 Å². The molecule has 1 aliphatic heterocycles. The van der Waals surface area contributed by atoms with Crippen LogP contribution in [0.4, 0.5) is 5.95 Å². The van der Waals surface area contributed by atoms with Gasteiger partial charge in [-0.25, -0.2) is 9.48 Å². The number of hydrogen-bond donors (Lipinski definition) is 1. The van der Waals surface area contributed by atoms with Gasteiger partial charge < -0.3 is 10.1 Å². The Labute approximate surface area is 211 Å². The lowest BCUT2D eigenvalue weighted by Gasteiger charge is -2.29. The zero-order valence-electron chi connectivity index (χ0n) is 17.9. The summed E-state index contributed by atoms with van der Waals surface area (Å²) in [5.74, 6) is 0.634. The first-order valence-corrected chi connectivity index (χ1v) is 12.4. The molecule has 1 aliphatic rings. The highest BCUT2D eigenvalue weighted by molar-refractivity contribution is 7.98. The Morgan fingerprint density at radius 3 is 2.52 bits per heavy atom. The Morgan fingerprint density at radius 2 is 1.82 bits per heavy atom. The van der Waals surface area contributed by atoms with Crippen LogP contribution in [-0.4, -0.2) is 27.3 Å². The Balaban J connectivity index is 1.74. The van der Waals surface area contributed by atoms with Crippen LogP contribution < -0.4 is 5.32 Å². The van der Waals surface area contributed by atoms with Crippen molar-refractivity contribution >= 4 is 58.5 Å². The number of rotatable bonds is 7. The molecule has 4 rings (SSSR count). The zero-order valence-corrected chi connectivity index (χ0v) is 21.0. The number of hydrogen-bond acceptors (Lipinski definition) is 6. The summed E-state index contributed by atoms with van der Waals surface area (Å²) in [6.45, 7) is 4.05. The minimum Gasteiger partial charge on any atom is -0.462 e. The topological polar surface area (TPSA) is 69.0 Å². The largest absolute Gasteiger partial charge is 0.462 e. The molecule has 0 saturated carbocycles. The lowest BCUT2D eigenvalue weighted by molar-refractivity contribution is -0.139. The molecule has 3 aromatic rings. The van der Waals surface area contributed by atoms with E-state index in [-0.39, 0.29) is 0 Å². The van der Waals surface area contributed by atoms with Crippen LogP contribution in [-0.2, 0) is 15.3 Å². The first-order valence-electron chi connectivity index (χ1n) is 10.3. The van der Waals surface area contributed by atoms with Crippen molar-refractivity contribution < 1.29 is 9.53 Å². The molecule has 1 atom stereocenters. The predicted octanol–water partition coefficient (Wildman–Crippen LogP) is 6.77. The van der Waals surface area contributed by atoms with Crippen molar-refractivity contribution in [2.75, 3.05) is 11.9 Å². The molecule has 2 heterocycles. The number of ether oxygens (including phenoxy) is 1. The van der Waals surface area contributed by atoms with E-state index < -0.39 is 12.0 Å². The van der Waals surface area contributed by atoms with E-state index in [2.05, 4.69) is 15.4 Å². The van der Waals surface area contributed by atoms with Crippen LogP contribution in [0.3, 0.4) is 0 Å². The maximum atomic E-state index is 13.1. The highest BCUT2D eigenvalue weighted by atomic mass is 35.5. The minimum absolute atomic E-state index is 0.307. The number of esters is 1. The maximum Gasteiger partial charge on any atom is 0.338 e. The number of anilines is 1. The summed E-state index contributed by atoms with van der Waals surface area (Å²) in [5, 5.41) is 9.93. The van der Waals surface area contributed by atoms with Crippen molar-refractivity contribution in [1.82, 2.24) is 14.8 Å². The first-order chi connectivity index (χ1) is 15.9. The fraction of sp³-hybridized carbons (Fsp3) is 0.261. The number of carbonyl (C=O) groups is 1. The second-order valence-electron chi connectivity index (χ2n) is 7.38. The zero-order chi connectivity index (χ0) is 23.5. The molecule has 0 amide bonds. The van der Waals surface area contributed by atoms with Gasteiger partial charge in [-0.3, -0.25) is 0 Å². The van der Waals surface area contributed by atoms with Crippen LogP contribution in [0.15, 0.2) is 58.9 Å². The number of halogens is 3. The molecule has 33 heavy (non-hydrogen) atoms. The fourth-order valence-corrected chi connectivity index (χ4v) is 5.25. The molecule has 172 valence electrons. The molecular formula is C23H21Cl3N4O2S. The smallest absolute Gasteiger partial charge is 0.338 e. The number of aromatic nitrogens is 3. The molecule has 6 nitrogen and oxygen atoms in total. The van der Waals surface area contributed by atoms with Gasteiger partial charge in [0.25, 0.3) is 0 Å². The van der Waals surface area contributed by atoms with Gasteiger partial charge in [0, 0.05) is 32.1 Å². The molecule has 0 saturated heterocycles. The van der Waals surface area contributed by atoms with Gasteiger partial charge in [0.15, 0.2) is 0 Å². The number of thioether (sulfide) groups is 1. The van der Waals surface area contributed by atoms with E-state index in [0.717, 1.165) is 5.56 Å². The summed E-state index contributed by atoms with van der Waals surface area (Å²) in [4.78, 5) is 17.7. The van der Waals surface area contributed by atoms with Crippen LogP contribution in [0.25, 0.3) is 0 Å². The van der Waals surface area contributed by atoms with Crippen LogP contribution in [0.5, 0.6) is 0 Å². The van der Waals surface area contributed by atoms with Crippen LogP contribution in [0.2, 0.25) is 15.1 Å². The van der Waals surface area contributed by atoms with Gasteiger partial charge in [0.1, 0.15) is 6.04 Å². The van der Waals surface area contributed by atoms with E-state index in [1.54, 1.807) is 29.8 Å². The average molecular weight is 524 g/mol. The van der Waals surface area contributed by atoms with E-state index in [1.165, 1.54) is 11.8 Å². The molecule has 1 unspecified atom stereocenters. The van der Waals surface area contributed by atoms with Crippen molar-refractivity contribution in [3.8, 4) is 0 Å². The van der Waals surface area contributed by atoms with Gasteiger partial charge in [0.2, 0.25) is 11.1 Å². The second kappa shape index (κ2) is 10.4. The third-order valence-electron chi connectivity index (χ3n) is 5.08. The molecule has 10 heteroatoms. The third kappa shape index (κ3) is 5.01. The van der Waals surface area contributed by atoms with E-state index in [1.807, 2.05) is 31.2 Å². The van der Waals surface area contributed by atoms with Gasteiger partial charge in [0.05, 0.1) is 12.2 Å². The number of nitrogens with one attached hydrogen (secondary N) is 1. The summed E-state index contributed by atoms with van der Waals surface area (Å²) < 4.78 is 7.11. The summed E-state index contributed by atoms with van der Waals surface area (Å²) >= 11 is 20.8. The van der Waals surface area contributed by atoms with Crippen LogP contribution in [0.1, 0.15) is 37.4 Å². The number of nitrogens with zero attached hydrogens (tertiary/aromatic N) is 3. The van der Waals surface area contributed by atoms with Gasteiger partial charge in [-0.2, -0.15) is 4.98 Å². The molecule has 0 radical (unpaired) electrons. The molecular weight excluding hydrogens is 503 g/mol. The Kier molecular flexibility index (Phi) is 7.54. The lowest BCUT2D eigenvalue weighted by atomic mass is 9.95. The van der Waals surface area contributed by atoms with E-state index in [0.29, 0.717) is 61.8 Å². The molecule has 2 aromatic carbocycles. The van der Waals surface area contributed by atoms with E-state index in [9.17, 15) is 4.79 Å². The van der Waals surface area contributed by atoms with Crippen LogP contribution in [0, 0.1) is 0 Å². The standard InChI is InChI=1S/C23H21Cl3N4O2S/c1-3-11-32-21(31)18-13(2)27-22-28-23(33-12-14-7-4-5-8-15(14)24)29-30(22)20(18)19-16(25)9-6-10-17(19)26/h4-10,20H,3,11-12H2,1-2H3,(H,27,28,29). The van der Waals surface area contributed by atoms with Gasteiger partial charge >= 0.3 is 5.97 Å². The normalized spacial score (nSPS) is 15.2. The molecule has 0 spiro atoms. The average Bonchev–Trinajstić information content (AvgIpc) is 3.19. The maximum absolute atomic E-state index is 13.1. The number of allylic oxidation sites excluding steroid dienone is 1. The molecule has 1 N–H and O–H groups in total. The van der Waals surface area contributed by atoms with Crippen molar-refractivity contribution in [2.45, 2.75) is 37.2 Å². The Morgan fingerprint density at radius 1 is 1.12 bits per heavy atom. The Bertz CT molecular complexity index is 1210. The lowest BCUT2D eigenvalue weighted by Crippen LogP contribution is -2.30. The van der Waals surface area contributed by atoms with Gasteiger partial charge in [-0.15, -0.1) is 5.10 Å². The fourth-order valence-electron chi connectivity index (χ4n) is 3.53. The first kappa shape index (κ1) is 24.0. The molecule has 1 aromatic heterocycles. The van der Waals surface area contributed by atoms with Gasteiger partial charge in [-0.05, 0) is 37.1 Å². The summed E-state index contributed by atoms with van der Waals surface area (Å²) in [5.41, 5.74) is 2.55. The number of fused-ring (bicyclic) bond motifs is 1.